The zero-order chi connectivity index (χ0) is 8.55. The second-order valence-electron chi connectivity index (χ2n) is 3.77. The minimum absolute atomic E-state index is 0.141. The molecule has 0 aromatic carbocycles. The summed E-state index contributed by atoms with van der Waals surface area (Å²) in [5.41, 5.74) is 0. The van der Waals surface area contributed by atoms with E-state index in [0.717, 1.165) is 0 Å². The Morgan fingerprint density at radius 1 is 1.25 bits per heavy atom. The predicted octanol–water partition coefficient (Wildman–Crippen LogP) is 1.72. The average Bonchev–Trinajstić information content (AvgIpc) is 2.35. The van der Waals surface area contributed by atoms with Crippen molar-refractivity contribution in [2.45, 2.75) is 44.2 Å². The highest BCUT2D eigenvalue weighted by Crippen LogP contribution is 2.35. The molecule has 2 atom stereocenters. The summed E-state index contributed by atoms with van der Waals surface area (Å²) in [4.78, 5) is 13.5. The normalized spacial score (nSPS) is 33.5. The van der Waals surface area contributed by atoms with Crippen LogP contribution in [0, 0.1) is 0 Å². The van der Waals surface area contributed by atoms with Crippen molar-refractivity contribution >= 4 is 5.91 Å². The Morgan fingerprint density at radius 2 is 1.83 bits per heavy atom. The summed E-state index contributed by atoms with van der Waals surface area (Å²) >= 11 is 0. The summed E-state index contributed by atoms with van der Waals surface area (Å²) < 4.78 is 0. The molecule has 2 heterocycles. The van der Waals surface area contributed by atoms with Gasteiger partial charge in [0.05, 0.1) is 0 Å². The largest absolute Gasteiger partial charge is 0.333 e. The Bertz CT molecular complexity index is 196. The van der Waals surface area contributed by atoms with Crippen molar-refractivity contribution < 1.29 is 4.79 Å². The van der Waals surface area contributed by atoms with Gasteiger partial charge in [-0.15, -0.1) is 0 Å². The summed E-state index contributed by atoms with van der Waals surface area (Å²) in [5, 5.41) is 0. The molecule has 2 fully saturated rings. The van der Waals surface area contributed by atoms with Crippen LogP contribution in [0.5, 0.6) is 0 Å². The fourth-order valence-corrected chi connectivity index (χ4v) is 2.58. The second kappa shape index (κ2) is 2.92. The Morgan fingerprint density at radius 3 is 2.33 bits per heavy atom. The van der Waals surface area contributed by atoms with Gasteiger partial charge in [0, 0.05) is 12.1 Å². The highest BCUT2D eigenvalue weighted by molar-refractivity contribution is 5.87. The molecule has 66 valence electrons. The minimum atomic E-state index is 0.141. The second-order valence-corrected chi connectivity index (χ2v) is 3.77. The summed E-state index contributed by atoms with van der Waals surface area (Å²) in [6, 6.07) is 1.07. The van der Waals surface area contributed by atoms with E-state index in [1.807, 2.05) is 0 Å². The number of rotatable bonds is 1. The Hall–Kier alpha value is -0.790. The highest BCUT2D eigenvalue weighted by atomic mass is 16.2. The van der Waals surface area contributed by atoms with Crippen LogP contribution in [-0.4, -0.2) is 22.9 Å². The number of fused-ring (bicyclic) bond motifs is 2. The Labute approximate surface area is 73.2 Å². The van der Waals surface area contributed by atoms with Crippen LogP contribution < -0.4 is 0 Å². The molecule has 0 unspecified atom stereocenters. The molecule has 2 rings (SSSR count). The van der Waals surface area contributed by atoms with E-state index in [1.165, 1.54) is 38.2 Å². The van der Waals surface area contributed by atoms with Crippen molar-refractivity contribution in [3.63, 3.8) is 0 Å². The van der Waals surface area contributed by atoms with Crippen LogP contribution in [0.1, 0.15) is 32.1 Å². The van der Waals surface area contributed by atoms with Crippen LogP contribution in [0.2, 0.25) is 0 Å². The first-order valence-electron chi connectivity index (χ1n) is 4.77. The zero-order valence-corrected chi connectivity index (χ0v) is 7.33. The smallest absolute Gasteiger partial charge is 0.246 e. The first kappa shape index (κ1) is 7.84. The molecule has 0 N–H and O–H groups in total. The van der Waals surface area contributed by atoms with Gasteiger partial charge in [0.15, 0.2) is 0 Å². The van der Waals surface area contributed by atoms with Crippen LogP contribution >= 0.6 is 0 Å². The lowest BCUT2D eigenvalue weighted by Gasteiger charge is -2.33. The fraction of sp³-hybridized carbons (Fsp3) is 0.700. The molecular weight excluding hydrogens is 150 g/mol. The van der Waals surface area contributed by atoms with Crippen LogP contribution in [0.3, 0.4) is 0 Å². The molecule has 0 aliphatic carbocycles. The maximum atomic E-state index is 11.4. The maximum absolute atomic E-state index is 11.4. The van der Waals surface area contributed by atoms with Gasteiger partial charge in [-0.25, -0.2) is 0 Å². The Balaban J connectivity index is 2.15. The molecular formula is C10H15NO. The van der Waals surface area contributed by atoms with Crippen molar-refractivity contribution in [2.24, 2.45) is 0 Å². The highest BCUT2D eigenvalue weighted by Gasteiger charge is 2.38. The van der Waals surface area contributed by atoms with Crippen molar-refractivity contribution in [1.82, 2.24) is 4.90 Å². The number of piperidine rings is 1. The quantitative estimate of drug-likeness (QED) is 0.542. The zero-order valence-electron chi connectivity index (χ0n) is 7.33. The molecule has 2 bridgehead atoms. The topological polar surface area (TPSA) is 20.3 Å². The van der Waals surface area contributed by atoms with Crippen LogP contribution in [0.4, 0.5) is 0 Å². The van der Waals surface area contributed by atoms with E-state index in [4.69, 9.17) is 0 Å². The molecule has 2 nitrogen and oxygen atoms in total. The molecule has 0 aromatic rings. The number of nitrogens with zero attached hydrogens (tertiary/aromatic N) is 1. The SMILES string of the molecule is C=CC(=O)N1[C@@H]2CCC[C@@H]1CC2. The monoisotopic (exact) mass is 165 g/mol. The van der Waals surface area contributed by atoms with Gasteiger partial charge >= 0.3 is 0 Å². The average molecular weight is 165 g/mol. The lowest BCUT2D eigenvalue weighted by molar-refractivity contribution is -0.130. The minimum Gasteiger partial charge on any atom is -0.333 e. The van der Waals surface area contributed by atoms with E-state index < -0.39 is 0 Å². The molecule has 1 amide bonds. The van der Waals surface area contributed by atoms with E-state index in [0.29, 0.717) is 12.1 Å². The molecule has 0 radical (unpaired) electrons. The number of amides is 1. The van der Waals surface area contributed by atoms with Gasteiger partial charge in [-0.1, -0.05) is 6.58 Å². The lowest BCUT2D eigenvalue weighted by Crippen LogP contribution is -2.43. The molecule has 0 aromatic heterocycles. The summed E-state index contributed by atoms with van der Waals surface area (Å²) in [5.74, 6) is 0.141. The van der Waals surface area contributed by atoms with Gasteiger partial charge in [0.2, 0.25) is 5.91 Å². The molecule has 2 saturated heterocycles. The molecule has 2 aliphatic heterocycles. The van der Waals surface area contributed by atoms with Crippen molar-refractivity contribution in [1.29, 1.82) is 0 Å². The third-order valence-electron chi connectivity index (χ3n) is 3.12. The standard InChI is InChI=1S/C10H15NO/c1-2-10(12)11-8-4-3-5-9(11)7-6-8/h2,8-9H,1,3-7H2/t8-,9-/m1/s1. The summed E-state index contributed by atoms with van der Waals surface area (Å²) in [6.45, 7) is 3.54. The van der Waals surface area contributed by atoms with E-state index in [1.54, 1.807) is 0 Å². The molecule has 0 spiro atoms. The number of hydrogen-bond acceptors (Lipinski definition) is 1. The van der Waals surface area contributed by atoms with Crippen molar-refractivity contribution in [2.75, 3.05) is 0 Å². The van der Waals surface area contributed by atoms with Gasteiger partial charge in [0.25, 0.3) is 0 Å². The van der Waals surface area contributed by atoms with Crippen LogP contribution in [0.15, 0.2) is 12.7 Å². The van der Waals surface area contributed by atoms with Gasteiger partial charge in [-0.2, -0.15) is 0 Å². The van der Waals surface area contributed by atoms with Crippen LogP contribution in [-0.2, 0) is 4.79 Å². The third kappa shape index (κ3) is 1.06. The third-order valence-corrected chi connectivity index (χ3v) is 3.12. The number of hydrogen-bond donors (Lipinski definition) is 0. The number of carbonyl (C=O) groups is 1. The number of carbonyl (C=O) groups excluding carboxylic acids is 1. The lowest BCUT2D eigenvalue weighted by atomic mass is 10.0. The van der Waals surface area contributed by atoms with E-state index >= 15 is 0 Å². The molecule has 2 heteroatoms. The van der Waals surface area contributed by atoms with Gasteiger partial charge in [0.1, 0.15) is 0 Å². The first-order chi connectivity index (χ1) is 5.83. The molecule has 0 saturated carbocycles. The maximum Gasteiger partial charge on any atom is 0.246 e. The van der Waals surface area contributed by atoms with Gasteiger partial charge in [-0.3, -0.25) is 4.79 Å². The van der Waals surface area contributed by atoms with Crippen molar-refractivity contribution in [3.05, 3.63) is 12.7 Å². The van der Waals surface area contributed by atoms with Gasteiger partial charge < -0.3 is 4.90 Å². The van der Waals surface area contributed by atoms with Gasteiger partial charge in [-0.05, 0) is 38.2 Å². The Kier molecular flexibility index (Phi) is 1.91. The van der Waals surface area contributed by atoms with E-state index in [2.05, 4.69) is 11.5 Å². The summed E-state index contributed by atoms with van der Waals surface area (Å²) in [7, 11) is 0. The van der Waals surface area contributed by atoms with Crippen LogP contribution in [0.25, 0.3) is 0 Å². The van der Waals surface area contributed by atoms with Crippen molar-refractivity contribution in [3.8, 4) is 0 Å². The first-order valence-corrected chi connectivity index (χ1v) is 4.77. The van der Waals surface area contributed by atoms with E-state index in [9.17, 15) is 4.79 Å². The fourth-order valence-electron chi connectivity index (χ4n) is 2.58. The van der Waals surface area contributed by atoms with E-state index in [-0.39, 0.29) is 5.91 Å². The predicted molar refractivity (Wildman–Crippen MR) is 47.7 cm³/mol. The summed E-state index contributed by atoms with van der Waals surface area (Å²) in [6.07, 6.45) is 7.59. The molecule has 12 heavy (non-hydrogen) atoms. The molecule has 2 aliphatic rings.